The van der Waals surface area contributed by atoms with Gasteiger partial charge in [-0.1, -0.05) is 26.2 Å². The average Bonchev–Trinajstić information content (AvgIpc) is 2.82. The van der Waals surface area contributed by atoms with Crippen LogP contribution in [0.15, 0.2) is 0 Å². The second kappa shape index (κ2) is 6.63. The Kier molecular flexibility index (Phi) is 4.87. The topological polar surface area (TPSA) is 82.2 Å². The van der Waals surface area contributed by atoms with Crippen molar-refractivity contribution in [2.24, 2.45) is 0 Å². The number of methoxy groups -OCH3 is 1. The summed E-state index contributed by atoms with van der Waals surface area (Å²) in [5.74, 6) is 0.535. The van der Waals surface area contributed by atoms with Gasteiger partial charge in [0.1, 0.15) is 11.4 Å². The molecular formula is C14H24N4O2. The number of anilines is 2. The van der Waals surface area contributed by atoms with Gasteiger partial charge in [0.2, 0.25) is 0 Å². The zero-order valence-electron chi connectivity index (χ0n) is 12.3. The number of rotatable bonds is 5. The van der Waals surface area contributed by atoms with Crippen LogP contribution >= 0.6 is 0 Å². The van der Waals surface area contributed by atoms with Crippen molar-refractivity contribution in [3.05, 3.63) is 5.56 Å². The molecule has 1 heterocycles. The van der Waals surface area contributed by atoms with Gasteiger partial charge >= 0.3 is 5.97 Å². The fraction of sp³-hybridized carbons (Fsp3) is 0.714. The number of carbonyl (C=O) groups is 1. The molecule has 1 aromatic rings. The Hall–Kier alpha value is -1.72. The van der Waals surface area contributed by atoms with Gasteiger partial charge in [0, 0.05) is 6.54 Å². The number of nitrogens with one attached hydrogen (secondary N) is 1. The summed E-state index contributed by atoms with van der Waals surface area (Å²) in [7, 11) is 1.36. The molecule has 6 nitrogen and oxygen atoms in total. The van der Waals surface area contributed by atoms with Gasteiger partial charge in [-0.15, -0.1) is 0 Å². The lowest BCUT2D eigenvalue weighted by Crippen LogP contribution is -2.17. The van der Waals surface area contributed by atoms with Crippen LogP contribution in [0.1, 0.15) is 61.8 Å². The SMILES string of the molecule is CCCNc1nn(C2CCCCC2)c(N)c1C(=O)OC. The number of nitrogens with two attached hydrogens (primary N) is 1. The molecule has 0 amide bonds. The van der Waals surface area contributed by atoms with Gasteiger partial charge in [0.15, 0.2) is 5.82 Å². The summed E-state index contributed by atoms with van der Waals surface area (Å²) in [5, 5.41) is 7.69. The third-order valence-corrected chi connectivity index (χ3v) is 3.80. The van der Waals surface area contributed by atoms with Crippen LogP contribution in [0.5, 0.6) is 0 Å². The minimum Gasteiger partial charge on any atom is -0.465 e. The highest BCUT2D eigenvalue weighted by molar-refractivity contribution is 5.99. The summed E-state index contributed by atoms with van der Waals surface area (Å²) in [5.41, 5.74) is 6.51. The smallest absolute Gasteiger partial charge is 0.345 e. The van der Waals surface area contributed by atoms with E-state index in [4.69, 9.17) is 10.5 Å². The van der Waals surface area contributed by atoms with E-state index in [1.165, 1.54) is 26.4 Å². The highest BCUT2D eigenvalue weighted by atomic mass is 16.5. The molecule has 0 aromatic carbocycles. The Morgan fingerprint density at radius 3 is 2.75 bits per heavy atom. The fourth-order valence-corrected chi connectivity index (χ4v) is 2.72. The maximum absolute atomic E-state index is 11.9. The molecule has 0 bridgehead atoms. The first kappa shape index (κ1) is 14.7. The molecule has 20 heavy (non-hydrogen) atoms. The zero-order valence-corrected chi connectivity index (χ0v) is 12.3. The average molecular weight is 280 g/mol. The van der Waals surface area contributed by atoms with Crippen molar-refractivity contribution >= 4 is 17.6 Å². The van der Waals surface area contributed by atoms with Gasteiger partial charge in [-0.25, -0.2) is 9.48 Å². The van der Waals surface area contributed by atoms with E-state index in [1.807, 2.05) is 4.68 Å². The molecule has 3 N–H and O–H groups in total. The largest absolute Gasteiger partial charge is 0.465 e. The first-order valence-corrected chi connectivity index (χ1v) is 7.39. The highest BCUT2D eigenvalue weighted by Gasteiger charge is 2.27. The lowest BCUT2D eigenvalue weighted by molar-refractivity contribution is 0.0603. The number of hydrogen-bond donors (Lipinski definition) is 2. The second-order valence-electron chi connectivity index (χ2n) is 5.26. The molecule has 112 valence electrons. The normalized spacial score (nSPS) is 16.1. The summed E-state index contributed by atoms with van der Waals surface area (Å²) in [4.78, 5) is 11.9. The van der Waals surface area contributed by atoms with Crippen molar-refractivity contribution in [1.29, 1.82) is 0 Å². The molecule has 2 rings (SSSR count). The van der Waals surface area contributed by atoms with Crippen LogP contribution in [-0.4, -0.2) is 29.4 Å². The van der Waals surface area contributed by atoms with Crippen molar-refractivity contribution in [3.8, 4) is 0 Å². The van der Waals surface area contributed by atoms with Crippen molar-refractivity contribution in [3.63, 3.8) is 0 Å². The summed E-state index contributed by atoms with van der Waals surface area (Å²) >= 11 is 0. The Morgan fingerprint density at radius 1 is 1.45 bits per heavy atom. The van der Waals surface area contributed by atoms with Crippen LogP contribution in [0.4, 0.5) is 11.6 Å². The third kappa shape index (κ3) is 2.89. The number of ether oxygens (including phenoxy) is 1. The maximum Gasteiger partial charge on any atom is 0.345 e. The van der Waals surface area contributed by atoms with Crippen molar-refractivity contribution in [2.75, 3.05) is 24.7 Å². The first-order valence-electron chi connectivity index (χ1n) is 7.39. The molecule has 1 fully saturated rings. The Bertz CT molecular complexity index is 464. The summed E-state index contributed by atoms with van der Waals surface area (Å²) in [6.07, 6.45) is 6.74. The number of nitrogens with zero attached hydrogens (tertiary/aromatic N) is 2. The lowest BCUT2D eigenvalue weighted by Gasteiger charge is -2.22. The molecule has 0 aliphatic heterocycles. The molecule has 0 radical (unpaired) electrons. The first-order chi connectivity index (χ1) is 9.69. The van der Waals surface area contributed by atoms with E-state index in [1.54, 1.807) is 0 Å². The van der Waals surface area contributed by atoms with Crippen LogP contribution < -0.4 is 11.1 Å². The number of nitrogen functional groups attached to an aromatic ring is 1. The molecule has 0 saturated heterocycles. The lowest BCUT2D eigenvalue weighted by atomic mass is 9.96. The van der Waals surface area contributed by atoms with Crippen LogP contribution in [0.3, 0.4) is 0 Å². The Morgan fingerprint density at radius 2 is 2.15 bits per heavy atom. The fourth-order valence-electron chi connectivity index (χ4n) is 2.72. The van der Waals surface area contributed by atoms with E-state index in [-0.39, 0.29) is 0 Å². The minimum atomic E-state index is -0.428. The Balaban J connectivity index is 2.32. The predicted octanol–water partition coefficient (Wildman–Crippen LogP) is 2.58. The van der Waals surface area contributed by atoms with Crippen LogP contribution in [-0.2, 0) is 4.74 Å². The van der Waals surface area contributed by atoms with Gasteiger partial charge in [0.25, 0.3) is 0 Å². The maximum atomic E-state index is 11.9. The van der Waals surface area contributed by atoms with Gasteiger partial charge in [0.05, 0.1) is 13.2 Å². The molecular weight excluding hydrogens is 256 g/mol. The van der Waals surface area contributed by atoms with E-state index in [2.05, 4.69) is 17.3 Å². The summed E-state index contributed by atoms with van der Waals surface area (Å²) in [6, 6.07) is 0.296. The monoisotopic (exact) mass is 280 g/mol. The van der Waals surface area contributed by atoms with Gasteiger partial charge < -0.3 is 15.8 Å². The molecule has 0 atom stereocenters. The number of carbonyl (C=O) groups excluding carboxylic acids is 1. The highest BCUT2D eigenvalue weighted by Crippen LogP contribution is 2.33. The van der Waals surface area contributed by atoms with E-state index < -0.39 is 5.97 Å². The molecule has 1 aromatic heterocycles. The predicted molar refractivity (Wildman–Crippen MR) is 78.9 cm³/mol. The second-order valence-corrected chi connectivity index (χ2v) is 5.26. The standard InChI is InChI=1S/C14H24N4O2/c1-3-9-16-13-11(14(19)20-2)12(15)18(17-13)10-7-5-4-6-8-10/h10H,3-9,15H2,1-2H3,(H,16,17). The van der Waals surface area contributed by atoms with Crippen molar-refractivity contribution < 1.29 is 9.53 Å². The molecule has 0 spiro atoms. The van der Waals surface area contributed by atoms with E-state index in [9.17, 15) is 4.79 Å². The van der Waals surface area contributed by atoms with E-state index >= 15 is 0 Å². The van der Waals surface area contributed by atoms with Crippen molar-refractivity contribution in [2.45, 2.75) is 51.5 Å². The molecule has 1 aliphatic carbocycles. The zero-order chi connectivity index (χ0) is 14.5. The third-order valence-electron chi connectivity index (χ3n) is 3.80. The van der Waals surface area contributed by atoms with Crippen LogP contribution in [0.2, 0.25) is 0 Å². The molecule has 1 saturated carbocycles. The number of esters is 1. The number of hydrogen-bond acceptors (Lipinski definition) is 5. The molecule has 0 unspecified atom stereocenters. The Labute approximate surface area is 119 Å². The van der Waals surface area contributed by atoms with Gasteiger partial charge in [-0.2, -0.15) is 5.10 Å². The van der Waals surface area contributed by atoms with Crippen molar-refractivity contribution in [1.82, 2.24) is 9.78 Å². The molecule has 1 aliphatic rings. The summed E-state index contributed by atoms with van der Waals surface area (Å²) in [6.45, 7) is 2.82. The quantitative estimate of drug-likeness (QED) is 0.810. The number of aromatic nitrogens is 2. The van der Waals surface area contributed by atoms with E-state index in [0.717, 1.165) is 25.8 Å². The minimum absolute atomic E-state index is 0.296. The molecule has 6 heteroatoms. The van der Waals surface area contributed by atoms with E-state index in [0.29, 0.717) is 23.2 Å². The van der Waals surface area contributed by atoms with Crippen LogP contribution in [0, 0.1) is 0 Å². The van der Waals surface area contributed by atoms with Gasteiger partial charge in [-0.05, 0) is 19.3 Å². The summed E-state index contributed by atoms with van der Waals surface area (Å²) < 4.78 is 6.64. The van der Waals surface area contributed by atoms with Crippen LogP contribution in [0.25, 0.3) is 0 Å². The van der Waals surface area contributed by atoms with Gasteiger partial charge in [-0.3, -0.25) is 0 Å².